The molecule has 4 aromatic rings. The van der Waals surface area contributed by atoms with Crippen molar-refractivity contribution in [2.75, 3.05) is 5.32 Å². The third-order valence-electron chi connectivity index (χ3n) is 5.50. The highest BCUT2D eigenvalue weighted by atomic mass is 19.1. The number of pyridine rings is 1. The second-order valence-corrected chi connectivity index (χ2v) is 7.43. The van der Waals surface area contributed by atoms with E-state index in [4.69, 9.17) is 10.7 Å². The molecule has 2 atom stereocenters. The van der Waals surface area contributed by atoms with Gasteiger partial charge in [-0.2, -0.15) is 0 Å². The normalized spacial score (nSPS) is 19.9. The maximum atomic E-state index is 13.5. The van der Waals surface area contributed by atoms with Gasteiger partial charge in [0.25, 0.3) is 0 Å². The predicted octanol–water partition coefficient (Wildman–Crippen LogP) is 3.99. The first-order valence-electron chi connectivity index (χ1n) is 9.59. The summed E-state index contributed by atoms with van der Waals surface area (Å²) in [5.41, 5.74) is 9.49. The number of nitrogens with one attached hydrogen (secondary N) is 2. The van der Waals surface area contributed by atoms with E-state index in [9.17, 15) is 4.39 Å². The van der Waals surface area contributed by atoms with Crippen LogP contribution in [0.5, 0.6) is 0 Å². The van der Waals surface area contributed by atoms with E-state index in [2.05, 4.69) is 20.3 Å². The Morgan fingerprint density at radius 1 is 1.07 bits per heavy atom. The molecule has 0 radical (unpaired) electrons. The zero-order valence-corrected chi connectivity index (χ0v) is 15.3. The molecule has 0 bridgehead atoms. The minimum absolute atomic E-state index is 0.119. The molecule has 3 heterocycles. The lowest BCUT2D eigenvalue weighted by Gasteiger charge is -2.29. The maximum absolute atomic E-state index is 13.5. The van der Waals surface area contributed by atoms with E-state index in [0.29, 0.717) is 5.95 Å². The first kappa shape index (κ1) is 17.1. The standard InChI is InChI=1S/C21H21FN6/c22-14-6-5-12-7-19(26-18(12)8-14)15-11-24-9-13-10-25-21(28-20(13)15)27-17-4-2-1-3-16(17)23/h5-11,16-17,26H,1-4,23H2,(H,25,27,28)/t16?,17-/m1/s1. The molecule has 1 aromatic carbocycles. The van der Waals surface area contributed by atoms with Gasteiger partial charge in [-0.15, -0.1) is 0 Å². The first-order chi connectivity index (χ1) is 13.7. The lowest BCUT2D eigenvalue weighted by Crippen LogP contribution is -2.42. The van der Waals surface area contributed by atoms with Gasteiger partial charge in [-0.05, 0) is 37.1 Å². The van der Waals surface area contributed by atoms with Crippen LogP contribution in [0.1, 0.15) is 25.7 Å². The largest absolute Gasteiger partial charge is 0.354 e. The molecule has 4 N–H and O–H groups in total. The van der Waals surface area contributed by atoms with E-state index in [0.717, 1.165) is 45.9 Å². The Hall–Kier alpha value is -3.06. The van der Waals surface area contributed by atoms with Crippen LogP contribution in [0.4, 0.5) is 10.3 Å². The van der Waals surface area contributed by atoms with Crippen molar-refractivity contribution in [2.24, 2.45) is 5.73 Å². The molecule has 1 fully saturated rings. The summed E-state index contributed by atoms with van der Waals surface area (Å²) < 4.78 is 13.5. The molecule has 1 aliphatic rings. The van der Waals surface area contributed by atoms with Gasteiger partial charge in [-0.1, -0.05) is 12.8 Å². The molecule has 3 aromatic heterocycles. The van der Waals surface area contributed by atoms with E-state index in [1.54, 1.807) is 24.7 Å². The number of aromatic amines is 1. The molecular formula is C21H21FN6. The average molecular weight is 376 g/mol. The number of hydrogen-bond acceptors (Lipinski definition) is 5. The van der Waals surface area contributed by atoms with Gasteiger partial charge in [0.15, 0.2) is 0 Å². The molecule has 1 saturated carbocycles. The Morgan fingerprint density at radius 3 is 2.86 bits per heavy atom. The van der Waals surface area contributed by atoms with E-state index >= 15 is 0 Å². The fraction of sp³-hybridized carbons (Fsp3) is 0.286. The summed E-state index contributed by atoms with van der Waals surface area (Å²) in [6, 6.07) is 7.00. The summed E-state index contributed by atoms with van der Waals surface area (Å²) in [5.74, 6) is 0.305. The summed E-state index contributed by atoms with van der Waals surface area (Å²) in [6.45, 7) is 0. The van der Waals surface area contributed by atoms with Crippen molar-refractivity contribution in [3.05, 3.63) is 48.7 Å². The number of nitrogens with zero attached hydrogens (tertiary/aromatic N) is 3. The number of nitrogens with two attached hydrogens (primary N) is 1. The highest BCUT2D eigenvalue weighted by molar-refractivity contribution is 5.95. The third-order valence-corrected chi connectivity index (χ3v) is 5.50. The second-order valence-electron chi connectivity index (χ2n) is 7.43. The van der Waals surface area contributed by atoms with Crippen molar-refractivity contribution in [2.45, 2.75) is 37.8 Å². The summed E-state index contributed by atoms with van der Waals surface area (Å²) in [4.78, 5) is 16.8. The van der Waals surface area contributed by atoms with Crippen molar-refractivity contribution >= 4 is 27.8 Å². The molecule has 7 heteroatoms. The topological polar surface area (TPSA) is 92.5 Å². The number of rotatable bonds is 3. The van der Waals surface area contributed by atoms with Crippen LogP contribution < -0.4 is 11.1 Å². The predicted molar refractivity (Wildman–Crippen MR) is 108 cm³/mol. The number of H-pyrrole nitrogens is 1. The lowest BCUT2D eigenvalue weighted by atomic mass is 9.91. The van der Waals surface area contributed by atoms with E-state index in [1.165, 1.54) is 25.0 Å². The Bertz CT molecular complexity index is 1150. The van der Waals surface area contributed by atoms with Gasteiger partial charge in [-0.25, -0.2) is 14.4 Å². The molecule has 1 unspecified atom stereocenters. The van der Waals surface area contributed by atoms with Crippen molar-refractivity contribution in [1.29, 1.82) is 0 Å². The first-order valence-corrected chi connectivity index (χ1v) is 9.59. The van der Waals surface area contributed by atoms with Crippen LogP contribution in [-0.2, 0) is 0 Å². The molecule has 1 aliphatic carbocycles. The monoisotopic (exact) mass is 376 g/mol. The number of halogens is 1. The minimum Gasteiger partial charge on any atom is -0.354 e. The van der Waals surface area contributed by atoms with Gasteiger partial charge in [0.05, 0.1) is 11.2 Å². The fourth-order valence-corrected chi connectivity index (χ4v) is 3.97. The Balaban J connectivity index is 1.56. The van der Waals surface area contributed by atoms with Crippen LogP contribution in [0.3, 0.4) is 0 Å². The molecule has 28 heavy (non-hydrogen) atoms. The summed E-state index contributed by atoms with van der Waals surface area (Å²) in [7, 11) is 0. The van der Waals surface area contributed by atoms with Gasteiger partial charge in [-0.3, -0.25) is 4.98 Å². The summed E-state index contributed by atoms with van der Waals surface area (Å²) in [6.07, 6.45) is 9.68. The summed E-state index contributed by atoms with van der Waals surface area (Å²) >= 11 is 0. The van der Waals surface area contributed by atoms with Gasteiger partial charge in [0, 0.05) is 52.5 Å². The molecule has 0 aliphatic heterocycles. The molecular weight excluding hydrogens is 355 g/mol. The van der Waals surface area contributed by atoms with Crippen molar-refractivity contribution in [3.63, 3.8) is 0 Å². The number of benzene rings is 1. The van der Waals surface area contributed by atoms with Crippen molar-refractivity contribution < 1.29 is 4.39 Å². The fourth-order valence-electron chi connectivity index (χ4n) is 3.97. The van der Waals surface area contributed by atoms with Crippen molar-refractivity contribution in [1.82, 2.24) is 19.9 Å². The molecule has 0 amide bonds. The lowest BCUT2D eigenvalue weighted by molar-refractivity contribution is 0.402. The van der Waals surface area contributed by atoms with Crippen LogP contribution in [0.25, 0.3) is 33.1 Å². The van der Waals surface area contributed by atoms with Crippen LogP contribution in [0.2, 0.25) is 0 Å². The zero-order valence-electron chi connectivity index (χ0n) is 15.3. The van der Waals surface area contributed by atoms with Gasteiger partial charge in [0.1, 0.15) is 5.82 Å². The van der Waals surface area contributed by atoms with Crippen LogP contribution in [0.15, 0.2) is 42.9 Å². The number of hydrogen-bond donors (Lipinski definition) is 3. The Morgan fingerprint density at radius 2 is 1.96 bits per heavy atom. The highest BCUT2D eigenvalue weighted by Crippen LogP contribution is 2.29. The molecule has 142 valence electrons. The smallest absolute Gasteiger partial charge is 0.223 e. The quantitative estimate of drug-likeness (QED) is 0.503. The molecule has 5 rings (SSSR count). The molecule has 0 spiro atoms. The number of aromatic nitrogens is 4. The molecule has 0 saturated heterocycles. The third kappa shape index (κ3) is 3.07. The summed E-state index contributed by atoms with van der Waals surface area (Å²) in [5, 5.41) is 5.19. The minimum atomic E-state index is -0.269. The second kappa shape index (κ2) is 6.83. The SMILES string of the molecule is NC1CCCC[C@H]1Nc1ncc2cncc(-c3cc4ccc(F)cc4[nH]3)c2n1. The van der Waals surface area contributed by atoms with Gasteiger partial charge in [0.2, 0.25) is 5.95 Å². The van der Waals surface area contributed by atoms with Gasteiger partial charge < -0.3 is 16.0 Å². The average Bonchev–Trinajstić information content (AvgIpc) is 3.12. The number of anilines is 1. The maximum Gasteiger partial charge on any atom is 0.223 e. The Kier molecular flexibility index (Phi) is 4.16. The van der Waals surface area contributed by atoms with Crippen LogP contribution in [0, 0.1) is 5.82 Å². The van der Waals surface area contributed by atoms with Gasteiger partial charge >= 0.3 is 0 Å². The van der Waals surface area contributed by atoms with E-state index in [1.807, 2.05) is 6.07 Å². The van der Waals surface area contributed by atoms with E-state index in [-0.39, 0.29) is 17.9 Å². The van der Waals surface area contributed by atoms with Crippen LogP contribution in [-0.4, -0.2) is 32.0 Å². The van der Waals surface area contributed by atoms with E-state index < -0.39 is 0 Å². The zero-order chi connectivity index (χ0) is 19.1. The van der Waals surface area contributed by atoms with Crippen LogP contribution >= 0.6 is 0 Å². The highest BCUT2D eigenvalue weighted by Gasteiger charge is 2.22. The Labute approximate surface area is 161 Å². The van der Waals surface area contributed by atoms with Crippen molar-refractivity contribution in [3.8, 4) is 11.3 Å². The number of fused-ring (bicyclic) bond motifs is 2. The molecule has 6 nitrogen and oxygen atoms in total.